The Kier molecular flexibility index (Phi) is 3.22. The van der Waals surface area contributed by atoms with E-state index in [0.717, 1.165) is 0 Å². The van der Waals surface area contributed by atoms with Gasteiger partial charge in [0.25, 0.3) is 0 Å². The molecule has 7 heteroatoms. The second-order valence-electron chi connectivity index (χ2n) is 3.56. The lowest BCUT2D eigenvalue weighted by atomic mass is 10.2. The predicted molar refractivity (Wildman–Crippen MR) is 57.2 cm³/mol. The maximum absolute atomic E-state index is 11.2. The van der Waals surface area contributed by atoms with Gasteiger partial charge in [0.15, 0.2) is 3.95 Å². The highest BCUT2D eigenvalue weighted by molar-refractivity contribution is 7.73. The number of hydrogen-bond acceptors (Lipinski definition) is 5. The van der Waals surface area contributed by atoms with Crippen LogP contribution < -0.4 is 5.32 Å². The first-order valence-electron chi connectivity index (χ1n) is 3.92. The van der Waals surface area contributed by atoms with Gasteiger partial charge in [-0.1, -0.05) is 0 Å². The maximum atomic E-state index is 11.2. The van der Waals surface area contributed by atoms with Crippen molar-refractivity contribution in [1.29, 1.82) is 0 Å². The third kappa shape index (κ3) is 3.84. The van der Waals surface area contributed by atoms with Crippen molar-refractivity contribution in [2.45, 2.75) is 26.4 Å². The van der Waals surface area contributed by atoms with E-state index in [1.165, 1.54) is 11.5 Å². The highest BCUT2D eigenvalue weighted by Crippen LogP contribution is 2.09. The lowest BCUT2D eigenvalue weighted by Crippen LogP contribution is -2.27. The van der Waals surface area contributed by atoms with E-state index in [1.807, 2.05) is 0 Å². The second kappa shape index (κ2) is 4.05. The Hall–Kier alpha value is -0.950. The van der Waals surface area contributed by atoms with Crippen LogP contribution >= 0.6 is 23.8 Å². The van der Waals surface area contributed by atoms with Crippen LogP contribution in [0.4, 0.5) is 10.7 Å². The molecule has 0 aliphatic rings. The summed E-state index contributed by atoms with van der Waals surface area (Å²) in [6, 6.07) is 0. The first-order chi connectivity index (χ1) is 6.37. The molecule has 1 aromatic heterocycles. The number of amides is 1. The normalized spacial score (nSPS) is 11.1. The number of nitrogens with one attached hydrogen (secondary N) is 2. The zero-order valence-electron chi connectivity index (χ0n) is 8.08. The van der Waals surface area contributed by atoms with Gasteiger partial charge in [0, 0.05) is 0 Å². The summed E-state index contributed by atoms with van der Waals surface area (Å²) in [5, 5.41) is 2.44. The largest absolute Gasteiger partial charge is 0.444 e. The van der Waals surface area contributed by atoms with Crippen LogP contribution in [0.3, 0.4) is 0 Å². The summed E-state index contributed by atoms with van der Waals surface area (Å²) in [7, 11) is 0. The Labute approximate surface area is 90.7 Å². The summed E-state index contributed by atoms with van der Waals surface area (Å²) in [5.41, 5.74) is -0.517. The average molecular weight is 233 g/mol. The molecule has 0 bridgehead atoms. The quantitative estimate of drug-likeness (QED) is 0.731. The van der Waals surface area contributed by atoms with Gasteiger partial charge in [-0.25, -0.2) is 4.79 Å². The molecule has 0 atom stereocenters. The fourth-order valence-electron chi connectivity index (χ4n) is 0.683. The Bertz CT molecular complexity index is 377. The van der Waals surface area contributed by atoms with Gasteiger partial charge in [-0.15, -0.1) is 0 Å². The third-order valence-corrected chi connectivity index (χ3v) is 1.96. The van der Waals surface area contributed by atoms with Crippen molar-refractivity contribution in [2.75, 3.05) is 5.32 Å². The van der Waals surface area contributed by atoms with E-state index < -0.39 is 11.7 Å². The molecule has 78 valence electrons. The van der Waals surface area contributed by atoms with Crippen LogP contribution in [0.15, 0.2) is 0 Å². The average Bonchev–Trinajstić information content (AvgIpc) is 2.30. The van der Waals surface area contributed by atoms with Crippen LogP contribution in [-0.2, 0) is 4.74 Å². The smallest absolute Gasteiger partial charge is 0.414 e. The molecular formula is C7H11N3O2S2. The van der Waals surface area contributed by atoms with Crippen LogP contribution in [0.5, 0.6) is 0 Å². The Morgan fingerprint density at radius 1 is 1.64 bits per heavy atom. The van der Waals surface area contributed by atoms with Crippen molar-refractivity contribution in [1.82, 2.24) is 9.36 Å². The molecule has 0 aromatic carbocycles. The first-order valence-corrected chi connectivity index (χ1v) is 5.15. The van der Waals surface area contributed by atoms with Crippen LogP contribution in [0.1, 0.15) is 20.8 Å². The Morgan fingerprint density at radius 2 is 2.29 bits per heavy atom. The molecule has 0 spiro atoms. The monoisotopic (exact) mass is 233 g/mol. The fraction of sp³-hybridized carbons (Fsp3) is 0.571. The molecule has 0 radical (unpaired) electrons. The lowest BCUT2D eigenvalue weighted by Gasteiger charge is -2.18. The van der Waals surface area contributed by atoms with Gasteiger partial charge in [0.2, 0.25) is 5.95 Å². The third-order valence-electron chi connectivity index (χ3n) is 1.06. The minimum atomic E-state index is -0.547. The number of carbonyl (C=O) groups is 1. The van der Waals surface area contributed by atoms with E-state index >= 15 is 0 Å². The van der Waals surface area contributed by atoms with E-state index in [-0.39, 0.29) is 0 Å². The van der Waals surface area contributed by atoms with Gasteiger partial charge < -0.3 is 4.74 Å². The minimum Gasteiger partial charge on any atom is -0.444 e. The fourth-order valence-corrected chi connectivity index (χ4v) is 1.32. The molecule has 0 saturated carbocycles. The zero-order chi connectivity index (χ0) is 10.8. The maximum Gasteiger partial charge on any atom is 0.414 e. The number of nitrogens with zero attached hydrogens (tertiary/aromatic N) is 1. The van der Waals surface area contributed by atoms with Crippen LogP contribution in [-0.4, -0.2) is 21.1 Å². The predicted octanol–water partition coefficient (Wildman–Crippen LogP) is 2.55. The van der Waals surface area contributed by atoms with E-state index in [9.17, 15) is 4.79 Å². The number of H-pyrrole nitrogens is 1. The molecule has 0 fully saturated rings. The topological polar surface area (TPSA) is 67.0 Å². The number of ether oxygens (including phenoxy) is 1. The van der Waals surface area contributed by atoms with Gasteiger partial charge in [-0.05, 0) is 44.5 Å². The van der Waals surface area contributed by atoms with Crippen molar-refractivity contribution in [3.05, 3.63) is 3.95 Å². The molecule has 14 heavy (non-hydrogen) atoms. The van der Waals surface area contributed by atoms with E-state index in [2.05, 4.69) is 14.7 Å². The van der Waals surface area contributed by atoms with Gasteiger partial charge in [0.1, 0.15) is 5.60 Å². The summed E-state index contributed by atoms with van der Waals surface area (Å²) in [6.45, 7) is 5.36. The highest BCUT2D eigenvalue weighted by Gasteiger charge is 2.16. The SMILES string of the molecule is CC(C)(C)OC(=O)Nc1nc(=S)s[nH]1. The molecule has 1 heterocycles. The number of aromatic amines is 1. The number of rotatable bonds is 1. The summed E-state index contributed by atoms with van der Waals surface area (Å²) >= 11 is 5.95. The van der Waals surface area contributed by atoms with Crippen molar-refractivity contribution >= 4 is 35.8 Å². The second-order valence-corrected chi connectivity index (χ2v) is 5.00. The van der Waals surface area contributed by atoms with Crippen molar-refractivity contribution in [3.63, 3.8) is 0 Å². The van der Waals surface area contributed by atoms with Gasteiger partial charge >= 0.3 is 6.09 Å². The van der Waals surface area contributed by atoms with E-state index in [1.54, 1.807) is 20.8 Å². The summed E-state index contributed by atoms with van der Waals surface area (Å²) in [6.07, 6.45) is -0.547. The zero-order valence-corrected chi connectivity index (χ0v) is 9.71. The number of anilines is 1. The summed E-state index contributed by atoms with van der Waals surface area (Å²) < 4.78 is 8.19. The molecule has 2 N–H and O–H groups in total. The molecular weight excluding hydrogens is 222 g/mol. The Morgan fingerprint density at radius 3 is 2.71 bits per heavy atom. The van der Waals surface area contributed by atoms with Crippen molar-refractivity contribution in [3.8, 4) is 0 Å². The Balaban J connectivity index is 2.54. The number of aromatic nitrogens is 2. The van der Waals surface area contributed by atoms with Gasteiger partial charge in [-0.3, -0.25) is 9.69 Å². The minimum absolute atomic E-state index is 0.314. The van der Waals surface area contributed by atoms with Gasteiger partial charge in [0.05, 0.1) is 0 Å². The molecule has 0 aliphatic carbocycles. The molecule has 1 amide bonds. The van der Waals surface area contributed by atoms with Crippen LogP contribution in [0.2, 0.25) is 0 Å². The molecule has 5 nitrogen and oxygen atoms in total. The van der Waals surface area contributed by atoms with Crippen molar-refractivity contribution < 1.29 is 9.53 Å². The molecule has 0 aliphatic heterocycles. The molecule has 0 saturated heterocycles. The summed E-state index contributed by atoms with van der Waals surface area (Å²) in [4.78, 5) is 15.1. The van der Waals surface area contributed by atoms with E-state index in [4.69, 9.17) is 17.0 Å². The first kappa shape index (κ1) is 11.1. The lowest BCUT2D eigenvalue weighted by molar-refractivity contribution is 0.0635. The van der Waals surface area contributed by atoms with Gasteiger partial charge in [-0.2, -0.15) is 4.98 Å². The van der Waals surface area contributed by atoms with Crippen LogP contribution in [0.25, 0.3) is 0 Å². The molecule has 1 aromatic rings. The molecule has 1 rings (SSSR count). The number of carbonyl (C=O) groups excluding carboxylic acids is 1. The highest BCUT2D eigenvalue weighted by atomic mass is 32.2. The standard InChI is InChI=1S/C7H11N3O2S2/c1-7(2,3)12-5(11)8-4-9-6(13)14-10-4/h1-3H3,(H2,8,9,10,11,13). The number of hydrogen-bond donors (Lipinski definition) is 2. The van der Waals surface area contributed by atoms with Crippen molar-refractivity contribution in [2.24, 2.45) is 0 Å². The molecule has 0 unspecified atom stereocenters. The van der Waals surface area contributed by atoms with Crippen LogP contribution in [0, 0.1) is 3.95 Å². The summed E-state index contributed by atoms with van der Waals surface area (Å²) in [5.74, 6) is 0.314. The van der Waals surface area contributed by atoms with E-state index in [0.29, 0.717) is 9.90 Å².